The first-order chi connectivity index (χ1) is 9.06. The minimum absolute atomic E-state index is 0.111. The van der Waals surface area contributed by atoms with Gasteiger partial charge in [0.05, 0.1) is 0 Å². The van der Waals surface area contributed by atoms with Gasteiger partial charge in [-0.2, -0.15) is 0 Å². The topological polar surface area (TPSA) is 32.3 Å². The van der Waals surface area contributed by atoms with E-state index in [0.717, 1.165) is 10.0 Å². The van der Waals surface area contributed by atoms with Crippen molar-refractivity contribution in [3.63, 3.8) is 0 Å². The van der Waals surface area contributed by atoms with E-state index in [1.165, 1.54) is 6.07 Å². The van der Waals surface area contributed by atoms with Gasteiger partial charge in [0.2, 0.25) is 0 Å². The van der Waals surface area contributed by atoms with Crippen molar-refractivity contribution in [2.24, 2.45) is 0 Å². The number of aromatic hydroxyl groups is 1. The molecular weight excluding hydrogens is 309 g/mol. The van der Waals surface area contributed by atoms with Gasteiger partial charge in [-0.05, 0) is 42.8 Å². The molecule has 2 aromatic rings. The highest BCUT2D eigenvalue weighted by atomic mass is 79.9. The summed E-state index contributed by atoms with van der Waals surface area (Å²) in [6.45, 7) is 2.48. The van der Waals surface area contributed by atoms with Crippen molar-refractivity contribution in [2.75, 3.05) is 0 Å². The minimum atomic E-state index is -0.223. The molecular formula is C15H15BrFNO. The third kappa shape index (κ3) is 3.78. The number of rotatable bonds is 4. The molecule has 100 valence electrons. The number of hydrogen-bond acceptors (Lipinski definition) is 2. The first-order valence-electron chi connectivity index (χ1n) is 6.02. The Labute approximate surface area is 120 Å². The highest BCUT2D eigenvalue weighted by Gasteiger charge is 2.10. The van der Waals surface area contributed by atoms with Crippen LogP contribution in [0.1, 0.15) is 24.1 Å². The van der Waals surface area contributed by atoms with Gasteiger partial charge in [0.15, 0.2) is 0 Å². The maximum Gasteiger partial charge on any atom is 0.128 e. The zero-order chi connectivity index (χ0) is 13.8. The van der Waals surface area contributed by atoms with Gasteiger partial charge in [0.1, 0.15) is 11.6 Å². The Morgan fingerprint density at radius 2 is 2.05 bits per heavy atom. The summed E-state index contributed by atoms with van der Waals surface area (Å²) in [4.78, 5) is 0. The van der Waals surface area contributed by atoms with Crippen LogP contribution in [-0.4, -0.2) is 5.11 Å². The van der Waals surface area contributed by atoms with E-state index in [0.29, 0.717) is 12.1 Å². The van der Waals surface area contributed by atoms with Crippen molar-refractivity contribution >= 4 is 15.9 Å². The van der Waals surface area contributed by atoms with Gasteiger partial charge < -0.3 is 10.4 Å². The normalized spacial score (nSPS) is 12.4. The van der Waals surface area contributed by atoms with Gasteiger partial charge in [0.25, 0.3) is 0 Å². The van der Waals surface area contributed by atoms with E-state index in [1.807, 2.05) is 13.0 Å². The number of nitrogens with one attached hydrogen (secondary N) is 1. The lowest BCUT2D eigenvalue weighted by atomic mass is 10.1. The first-order valence-corrected chi connectivity index (χ1v) is 6.82. The number of phenols is 1. The molecule has 2 rings (SSSR count). The summed E-state index contributed by atoms with van der Waals surface area (Å²) in [6, 6.07) is 11.8. The molecule has 0 aliphatic rings. The highest BCUT2D eigenvalue weighted by molar-refractivity contribution is 9.10. The van der Waals surface area contributed by atoms with E-state index in [1.54, 1.807) is 30.3 Å². The summed E-state index contributed by atoms with van der Waals surface area (Å²) in [5.41, 5.74) is 1.58. The quantitative estimate of drug-likeness (QED) is 0.886. The lowest BCUT2D eigenvalue weighted by Crippen LogP contribution is -2.19. The Hall–Kier alpha value is -1.39. The molecule has 1 atom stereocenters. The Balaban J connectivity index is 2.05. The Morgan fingerprint density at radius 1 is 1.26 bits per heavy atom. The van der Waals surface area contributed by atoms with E-state index in [4.69, 9.17) is 0 Å². The molecule has 0 bridgehead atoms. The molecule has 19 heavy (non-hydrogen) atoms. The number of benzene rings is 2. The fourth-order valence-corrected chi connectivity index (χ4v) is 2.27. The molecule has 0 heterocycles. The Kier molecular flexibility index (Phi) is 4.56. The van der Waals surface area contributed by atoms with Crippen molar-refractivity contribution in [1.82, 2.24) is 5.32 Å². The zero-order valence-corrected chi connectivity index (χ0v) is 12.1. The molecule has 0 aliphatic carbocycles. The molecule has 0 fully saturated rings. The second kappa shape index (κ2) is 6.17. The SMILES string of the molecule is CC(NCc1cccc(O)c1)c1cc(Br)ccc1F. The van der Waals surface area contributed by atoms with Crippen molar-refractivity contribution in [3.8, 4) is 5.75 Å². The third-order valence-electron chi connectivity index (χ3n) is 2.95. The van der Waals surface area contributed by atoms with Crippen LogP contribution in [0.5, 0.6) is 5.75 Å². The molecule has 0 saturated heterocycles. The summed E-state index contributed by atoms with van der Waals surface area (Å²) in [5, 5.41) is 12.6. The van der Waals surface area contributed by atoms with Crippen LogP contribution in [0.25, 0.3) is 0 Å². The molecule has 0 saturated carbocycles. The fourth-order valence-electron chi connectivity index (χ4n) is 1.89. The van der Waals surface area contributed by atoms with Crippen molar-refractivity contribution in [2.45, 2.75) is 19.5 Å². The highest BCUT2D eigenvalue weighted by Crippen LogP contribution is 2.22. The fraction of sp³-hybridized carbons (Fsp3) is 0.200. The molecule has 1 unspecified atom stereocenters. The molecule has 0 aromatic heterocycles. The molecule has 0 spiro atoms. The second-order valence-corrected chi connectivity index (χ2v) is 5.35. The third-order valence-corrected chi connectivity index (χ3v) is 3.44. The van der Waals surface area contributed by atoms with Crippen LogP contribution in [0.15, 0.2) is 46.9 Å². The van der Waals surface area contributed by atoms with E-state index >= 15 is 0 Å². The van der Waals surface area contributed by atoms with Crippen LogP contribution in [0.4, 0.5) is 4.39 Å². The van der Waals surface area contributed by atoms with Gasteiger partial charge in [0, 0.05) is 22.6 Å². The van der Waals surface area contributed by atoms with Gasteiger partial charge >= 0.3 is 0 Å². The molecule has 2 N–H and O–H groups in total. The van der Waals surface area contributed by atoms with E-state index < -0.39 is 0 Å². The second-order valence-electron chi connectivity index (χ2n) is 4.44. The molecule has 4 heteroatoms. The van der Waals surface area contributed by atoms with Crippen LogP contribution >= 0.6 is 15.9 Å². The maximum absolute atomic E-state index is 13.7. The number of hydrogen-bond donors (Lipinski definition) is 2. The van der Waals surface area contributed by atoms with Crippen LogP contribution in [0.3, 0.4) is 0 Å². The average molecular weight is 324 g/mol. The largest absolute Gasteiger partial charge is 0.508 e. The first kappa shape index (κ1) is 14.0. The van der Waals surface area contributed by atoms with Crippen molar-refractivity contribution < 1.29 is 9.50 Å². The minimum Gasteiger partial charge on any atom is -0.508 e. The lowest BCUT2D eigenvalue weighted by molar-refractivity contribution is 0.473. The maximum atomic E-state index is 13.7. The lowest BCUT2D eigenvalue weighted by Gasteiger charge is -2.15. The summed E-state index contributed by atoms with van der Waals surface area (Å²) < 4.78 is 14.6. The van der Waals surface area contributed by atoms with Crippen LogP contribution < -0.4 is 5.32 Å². The predicted octanol–water partition coefficient (Wildman–Crippen LogP) is 4.14. The van der Waals surface area contributed by atoms with Gasteiger partial charge in [-0.15, -0.1) is 0 Å². The average Bonchev–Trinajstić information content (AvgIpc) is 2.39. The molecule has 0 amide bonds. The Bertz CT molecular complexity index is 574. The summed E-state index contributed by atoms with van der Waals surface area (Å²) in [5.74, 6) is 0.0136. The van der Waals surface area contributed by atoms with Crippen LogP contribution in [0, 0.1) is 5.82 Å². The molecule has 0 radical (unpaired) electrons. The van der Waals surface area contributed by atoms with Crippen molar-refractivity contribution in [3.05, 3.63) is 63.9 Å². The van der Waals surface area contributed by atoms with Gasteiger partial charge in [-0.25, -0.2) is 4.39 Å². The standard InChI is InChI=1S/C15H15BrFNO/c1-10(14-8-12(16)5-6-15(14)17)18-9-11-3-2-4-13(19)7-11/h2-8,10,18-19H,9H2,1H3. The van der Waals surface area contributed by atoms with Crippen molar-refractivity contribution in [1.29, 1.82) is 0 Å². The number of phenolic OH excluding ortho intramolecular Hbond substituents is 1. The summed E-state index contributed by atoms with van der Waals surface area (Å²) in [7, 11) is 0. The monoisotopic (exact) mass is 323 g/mol. The zero-order valence-electron chi connectivity index (χ0n) is 10.5. The van der Waals surface area contributed by atoms with Crippen LogP contribution in [-0.2, 0) is 6.54 Å². The summed E-state index contributed by atoms with van der Waals surface area (Å²) in [6.07, 6.45) is 0. The van der Waals surface area contributed by atoms with Gasteiger partial charge in [-0.3, -0.25) is 0 Å². The van der Waals surface area contributed by atoms with E-state index in [9.17, 15) is 9.50 Å². The molecule has 2 nitrogen and oxygen atoms in total. The van der Waals surface area contributed by atoms with E-state index in [2.05, 4.69) is 21.2 Å². The smallest absolute Gasteiger partial charge is 0.128 e. The number of halogens is 2. The van der Waals surface area contributed by atoms with Gasteiger partial charge in [-0.1, -0.05) is 28.1 Å². The summed E-state index contributed by atoms with van der Waals surface area (Å²) >= 11 is 3.34. The molecule has 0 aliphatic heterocycles. The Morgan fingerprint density at radius 3 is 2.79 bits per heavy atom. The van der Waals surface area contributed by atoms with E-state index in [-0.39, 0.29) is 17.6 Å². The molecule has 2 aromatic carbocycles. The predicted molar refractivity (Wildman–Crippen MR) is 77.5 cm³/mol. The van der Waals surface area contributed by atoms with Crippen LogP contribution in [0.2, 0.25) is 0 Å².